The van der Waals surface area contributed by atoms with Gasteiger partial charge < -0.3 is 10.6 Å². The zero-order valence-electron chi connectivity index (χ0n) is 15.0. The Labute approximate surface area is 156 Å². The lowest BCUT2D eigenvalue weighted by molar-refractivity contribution is 0.0682. The number of piperidine rings is 1. The predicted octanol–water partition coefficient (Wildman–Crippen LogP) is 1.79. The van der Waals surface area contributed by atoms with Crippen molar-refractivity contribution in [2.75, 3.05) is 13.1 Å². The molecule has 1 fully saturated rings. The quantitative estimate of drug-likeness (QED) is 0.762. The van der Waals surface area contributed by atoms with Crippen LogP contribution in [0.2, 0.25) is 0 Å². The Morgan fingerprint density at radius 3 is 2.78 bits per heavy atom. The Morgan fingerprint density at radius 2 is 2.00 bits per heavy atom. The molecule has 1 saturated heterocycles. The van der Waals surface area contributed by atoms with Crippen LogP contribution in [-0.4, -0.2) is 49.6 Å². The lowest BCUT2D eigenvalue weighted by atomic mass is 10.00. The second-order valence-corrected chi connectivity index (χ2v) is 6.99. The number of hydrogen-bond donors (Lipinski definition) is 1. The maximum Gasteiger partial charge on any atom is 0.255 e. The van der Waals surface area contributed by atoms with E-state index in [9.17, 15) is 9.59 Å². The van der Waals surface area contributed by atoms with E-state index in [0.29, 0.717) is 28.4 Å². The maximum absolute atomic E-state index is 12.8. The summed E-state index contributed by atoms with van der Waals surface area (Å²) in [6, 6.07) is 3.41. The minimum atomic E-state index is -0.558. The molecule has 8 heteroatoms. The van der Waals surface area contributed by atoms with E-state index in [4.69, 9.17) is 5.73 Å². The summed E-state index contributed by atoms with van der Waals surface area (Å²) >= 11 is 0. The summed E-state index contributed by atoms with van der Waals surface area (Å²) in [6.45, 7) is 3.73. The monoisotopic (exact) mass is 364 g/mol. The highest BCUT2D eigenvalue weighted by atomic mass is 16.2. The van der Waals surface area contributed by atoms with Crippen molar-refractivity contribution < 1.29 is 9.59 Å². The first-order valence-corrected chi connectivity index (χ1v) is 8.91. The Kier molecular flexibility index (Phi) is 4.31. The Bertz CT molecular complexity index is 1030. The Hall–Kier alpha value is -3.29. The van der Waals surface area contributed by atoms with Crippen LogP contribution >= 0.6 is 0 Å². The van der Waals surface area contributed by atoms with E-state index < -0.39 is 5.91 Å². The fraction of sp³-hybridized carbons (Fsp3) is 0.316. The summed E-state index contributed by atoms with van der Waals surface area (Å²) in [6.07, 6.45) is 8.40. The molecule has 0 spiro atoms. The van der Waals surface area contributed by atoms with Gasteiger partial charge in [-0.15, -0.1) is 0 Å². The third kappa shape index (κ3) is 3.25. The highest BCUT2D eigenvalue weighted by Gasteiger charge is 2.23. The summed E-state index contributed by atoms with van der Waals surface area (Å²) in [5, 5.41) is 5.07. The molecule has 0 saturated carbocycles. The van der Waals surface area contributed by atoms with Crippen LogP contribution in [0.5, 0.6) is 0 Å². The van der Waals surface area contributed by atoms with Crippen LogP contribution in [0.4, 0.5) is 0 Å². The SMILES string of the molecule is C[C@H]1CCCN(C(=O)c2cnc3c(cnn3-c3cncc(C(N)=O)c3)c2)C1. The molecule has 0 radical (unpaired) electrons. The summed E-state index contributed by atoms with van der Waals surface area (Å²) in [4.78, 5) is 34.5. The van der Waals surface area contributed by atoms with Crippen molar-refractivity contribution in [1.29, 1.82) is 0 Å². The van der Waals surface area contributed by atoms with Crippen molar-refractivity contribution in [1.82, 2.24) is 24.6 Å². The molecular formula is C19H20N6O2. The van der Waals surface area contributed by atoms with E-state index in [1.807, 2.05) is 4.90 Å². The smallest absolute Gasteiger partial charge is 0.255 e. The number of fused-ring (bicyclic) bond motifs is 1. The van der Waals surface area contributed by atoms with Crippen molar-refractivity contribution >= 4 is 22.8 Å². The van der Waals surface area contributed by atoms with Crippen molar-refractivity contribution in [3.8, 4) is 5.69 Å². The van der Waals surface area contributed by atoms with E-state index in [-0.39, 0.29) is 5.91 Å². The molecule has 2 amide bonds. The fourth-order valence-corrected chi connectivity index (χ4v) is 3.46. The molecular weight excluding hydrogens is 344 g/mol. The minimum absolute atomic E-state index is 0.00101. The number of amides is 2. The van der Waals surface area contributed by atoms with Gasteiger partial charge in [-0.3, -0.25) is 14.6 Å². The Balaban J connectivity index is 1.67. The number of nitrogens with two attached hydrogens (primary N) is 1. The molecule has 27 heavy (non-hydrogen) atoms. The third-order valence-electron chi connectivity index (χ3n) is 4.85. The van der Waals surface area contributed by atoms with E-state index >= 15 is 0 Å². The fourth-order valence-electron chi connectivity index (χ4n) is 3.46. The van der Waals surface area contributed by atoms with Crippen LogP contribution in [0.25, 0.3) is 16.7 Å². The van der Waals surface area contributed by atoms with Gasteiger partial charge in [0.1, 0.15) is 0 Å². The zero-order chi connectivity index (χ0) is 19.0. The second kappa shape index (κ2) is 6.79. The van der Waals surface area contributed by atoms with Crippen LogP contribution in [-0.2, 0) is 0 Å². The van der Waals surface area contributed by atoms with Crippen molar-refractivity contribution in [2.24, 2.45) is 11.7 Å². The van der Waals surface area contributed by atoms with Crippen LogP contribution in [0.3, 0.4) is 0 Å². The van der Waals surface area contributed by atoms with Crippen LogP contribution in [0.15, 0.2) is 36.9 Å². The van der Waals surface area contributed by atoms with Gasteiger partial charge in [-0.05, 0) is 30.9 Å². The molecule has 3 aromatic heterocycles. The largest absolute Gasteiger partial charge is 0.366 e. The summed E-state index contributed by atoms with van der Waals surface area (Å²) in [5.74, 6) is -0.0364. The number of primary amides is 1. The maximum atomic E-state index is 12.8. The zero-order valence-corrected chi connectivity index (χ0v) is 15.0. The molecule has 1 aliphatic rings. The standard InChI is InChI=1S/C19H20N6O2/c1-12-3-2-4-24(11-12)19(27)15-5-14-9-23-25(18(14)22-8-15)16-6-13(17(20)26)7-21-10-16/h5-10,12H,2-4,11H2,1H3,(H2,20,26)/t12-/m0/s1. The van der Waals surface area contributed by atoms with Gasteiger partial charge in [-0.1, -0.05) is 6.92 Å². The number of pyridine rings is 2. The lowest BCUT2D eigenvalue weighted by Gasteiger charge is -2.30. The molecule has 1 aliphatic heterocycles. The molecule has 0 aliphatic carbocycles. The summed E-state index contributed by atoms with van der Waals surface area (Å²) in [5.41, 5.74) is 7.33. The molecule has 0 unspecified atom stereocenters. The van der Waals surface area contributed by atoms with E-state index in [1.165, 1.54) is 6.20 Å². The van der Waals surface area contributed by atoms with Crippen LogP contribution in [0.1, 0.15) is 40.5 Å². The topological polar surface area (TPSA) is 107 Å². The van der Waals surface area contributed by atoms with Crippen LogP contribution < -0.4 is 5.73 Å². The summed E-state index contributed by atoms with van der Waals surface area (Å²) in [7, 11) is 0. The second-order valence-electron chi connectivity index (χ2n) is 6.99. The van der Waals surface area contributed by atoms with Gasteiger partial charge >= 0.3 is 0 Å². The van der Waals surface area contributed by atoms with Crippen molar-refractivity contribution in [3.05, 3.63) is 48.0 Å². The molecule has 0 bridgehead atoms. The number of likely N-dealkylation sites (tertiary alicyclic amines) is 1. The normalized spacial score (nSPS) is 17.2. The first kappa shape index (κ1) is 17.1. The molecule has 3 aromatic rings. The number of aromatic nitrogens is 4. The summed E-state index contributed by atoms with van der Waals surface area (Å²) < 4.78 is 1.58. The average molecular weight is 364 g/mol. The first-order valence-electron chi connectivity index (χ1n) is 8.91. The molecule has 138 valence electrons. The van der Waals surface area contributed by atoms with E-state index in [2.05, 4.69) is 22.0 Å². The van der Waals surface area contributed by atoms with E-state index in [1.54, 1.807) is 35.4 Å². The van der Waals surface area contributed by atoms with Gasteiger partial charge in [0.2, 0.25) is 5.91 Å². The predicted molar refractivity (Wildman–Crippen MR) is 99.5 cm³/mol. The minimum Gasteiger partial charge on any atom is -0.366 e. The van der Waals surface area contributed by atoms with Gasteiger partial charge in [-0.25, -0.2) is 9.67 Å². The molecule has 4 heterocycles. The number of rotatable bonds is 3. The number of hydrogen-bond acceptors (Lipinski definition) is 5. The first-order chi connectivity index (χ1) is 13.0. The number of carbonyl (C=O) groups is 2. The lowest BCUT2D eigenvalue weighted by Crippen LogP contribution is -2.39. The molecule has 1 atom stereocenters. The highest BCUT2D eigenvalue weighted by Crippen LogP contribution is 2.21. The van der Waals surface area contributed by atoms with Crippen molar-refractivity contribution in [2.45, 2.75) is 19.8 Å². The van der Waals surface area contributed by atoms with Gasteiger partial charge in [-0.2, -0.15) is 5.10 Å². The average Bonchev–Trinajstić information content (AvgIpc) is 3.10. The van der Waals surface area contributed by atoms with Crippen molar-refractivity contribution in [3.63, 3.8) is 0 Å². The van der Waals surface area contributed by atoms with Gasteiger partial charge in [0.05, 0.1) is 29.2 Å². The Morgan fingerprint density at radius 1 is 1.15 bits per heavy atom. The van der Waals surface area contributed by atoms with Crippen LogP contribution in [0, 0.1) is 5.92 Å². The highest BCUT2D eigenvalue weighted by molar-refractivity contribution is 5.97. The third-order valence-corrected chi connectivity index (χ3v) is 4.85. The molecule has 4 rings (SSSR count). The van der Waals surface area contributed by atoms with E-state index in [0.717, 1.165) is 31.3 Å². The van der Waals surface area contributed by atoms with Gasteiger partial charge in [0, 0.05) is 30.9 Å². The molecule has 0 aromatic carbocycles. The van der Waals surface area contributed by atoms with Gasteiger partial charge in [0.25, 0.3) is 5.91 Å². The number of nitrogens with zero attached hydrogens (tertiary/aromatic N) is 5. The molecule has 8 nitrogen and oxygen atoms in total. The number of carbonyl (C=O) groups excluding carboxylic acids is 2. The van der Waals surface area contributed by atoms with Gasteiger partial charge in [0.15, 0.2) is 5.65 Å². The molecule has 2 N–H and O–H groups in total.